The number of rotatable bonds is 6. The van der Waals surface area contributed by atoms with Crippen molar-refractivity contribution in [3.05, 3.63) is 45.6 Å². The molecule has 0 aliphatic rings. The van der Waals surface area contributed by atoms with E-state index in [1.165, 1.54) is 23.8 Å². The minimum Gasteiger partial charge on any atom is -0.495 e. The molecule has 22 heavy (non-hydrogen) atoms. The molecular weight excluding hydrogens is 318 g/mol. The first-order valence-corrected chi connectivity index (χ1v) is 9.74. The average Bonchev–Trinajstić information content (AvgIpc) is 2.88. The van der Waals surface area contributed by atoms with Gasteiger partial charge in [0.2, 0.25) is 0 Å². The Balaban J connectivity index is 2.16. The fraction of sp³-hybridized carbons (Fsp3) is 0.375. The van der Waals surface area contributed by atoms with Crippen molar-refractivity contribution in [1.82, 2.24) is 5.32 Å². The lowest BCUT2D eigenvalue weighted by molar-refractivity contribution is 0.401. The van der Waals surface area contributed by atoms with E-state index in [0.717, 1.165) is 12.1 Å². The minimum atomic E-state index is -3.29. The van der Waals surface area contributed by atoms with Crippen molar-refractivity contribution in [2.75, 3.05) is 13.4 Å². The average molecular weight is 339 g/mol. The van der Waals surface area contributed by atoms with Crippen LogP contribution in [0.5, 0.6) is 5.75 Å². The van der Waals surface area contributed by atoms with Gasteiger partial charge in [-0.05, 0) is 48.6 Å². The zero-order valence-corrected chi connectivity index (χ0v) is 14.8. The van der Waals surface area contributed by atoms with Crippen molar-refractivity contribution in [1.29, 1.82) is 0 Å². The predicted octanol–water partition coefficient (Wildman–Crippen LogP) is 3.32. The Morgan fingerprint density at radius 1 is 1.32 bits per heavy atom. The second kappa shape index (κ2) is 6.81. The fourth-order valence-corrected chi connectivity index (χ4v) is 3.89. The predicted molar refractivity (Wildman–Crippen MR) is 90.4 cm³/mol. The van der Waals surface area contributed by atoms with Crippen molar-refractivity contribution < 1.29 is 13.2 Å². The molecule has 2 aromatic rings. The maximum Gasteiger partial charge on any atom is 0.179 e. The molecule has 4 nitrogen and oxygen atoms in total. The summed E-state index contributed by atoms with van der Waals surface area (Å²) in [6, 6.07) is 7.44. The van der Waals surface area contributed by atoms with Crippen LogP contribution in [0.15, 0.2) is 34.5 Å². The molecular formula is C16H21NO3S2. The van der Waals surface area contributed by atoms with E-state index in [-0.39, 0.29) is 10.9 Å². The van der Waals surface area contributed by atoms with Gasteiger partial charge in [0.1, 0.15) is 10.6 Å². The van der Waals surface area contributed by atoms with Gasteiger partial charge in [0, 0.05) is 23.7 Å². The van der Waals surface area contributed by atoms with Gasteiger partial charge in [0.15, 0.2) is 9.84 Å². The minimum absolute atomic E-state index is 0.101. The molecule has 1 aromatic carbocycles. The molecule has 1 atom stereocenters. The summed E-state index contributed by atoms with van der Waals surface area (Å²) in [5, 5.41) is 5.54. The van der Waals surface area contributed by atoms with Gasteiger partial charge in [-0.1, -0.05) is 6.07 Å². The van der Waals surface area contributed by atoms with E-state index in [1.807, 2.05) is 6.07 Å². The molecule has 1 aromatic heterocycles. The molecule has 0 fully saturated rings. The quantitative estimate of drug-likeness (QED) is 0.877. The number of methoxy groups -OCH3 is 1. The van der Waals surface area contributed by atoms with Gasteiger partial charge >= 0.3 is 0 Å². The lowest BCUT2D eigenvalue weighted by Gasteiger charge is -2.16. The van der Waals surface area contributed by atoms with E-state index in [2.05, 4.69) is 30.6 Å². The highest BCUT2D eigenvalue weighted by molar-refractivity contribution is 7.90. The van der Waals surface area contributed by atoms with Crippen LogP contribution in [0.2, 0.25) is 0 Å². The first-order valence-electron chi connectivity index (χ1n) is 6.97. The summed E-state index contributed by atoms with van der Waals surface area (Å²) < 4.78 is 28.7. The van der Waals surface area contributed by atoms with Gasteiger partial charge in [0.25, 0.3) is 0 Å². The number of ether oxygens (including phenoxy) is 1. The second-order valence-corrected chi connectivity index (χ2v) is 8.30. The summed E-state index contributed by atoms with van der Waals surface area (Å²) in [5.74, 6) is 0.390. The zero-order chi connectivity index (χ0) is 16.3. The number of hydrogen-bond acceptors (Lipinski definition) is 5. The summed E-state index contributed by atoms with van der Waals surface area (Å²) in [4.78, 5) is 1.53. The molecule has 2 rings (SSSR count). The van der Waals surface area contributed by atoms with E-state index >= 15 is 0 Å². The molecule has 0 saturated heterocycles. The van der Waals surface area contributed by atoms with Crippen LogP contribution in [0.4, 0.5) is 0 Å². The number of hydrogen-bond donors (Lipinski definition) is 1. The highest BCUT2D eigenvalue weighted by atomic mass is 32.2. The maximum absolute atomic E-state index is 11.7. The van der Waals surface area contributed by atoms with Crippen molar-refractivity contribution >= 4 is 21.2 Å². The van der Waals surface area contributed by atoms with Crippen molar-refractivity contribution in [3.8, 4) is 5.75 Å². The zero-order valence-electron chi connectivity index (χ0n) is 13.2. The van der Waals surface area contributed by atoms with Gasteiger partial charge in [-0.2, -0.15) is 0 Å². The van der Waals surface area contributed by atoms with Crippen LogP contribution in [0, 0.1) is 6.92 Å². The third-order valence-corrected chi connectivity index (χ3v) is 5.78. The normalized spacial score (nSPS) is 13.1. The number of nitrogens with one attached hydrogen (secondary N) is 1. The van der Waals surface area contributed by atoms with Crippen LogP contribution < -0.4 is 10.1 Å². The summed E-state index contributed by atoms with van der Waals surface area (Å²) in [6.07, 6.45) is 1.19. The molecule has 0 aliphatic carbocycles. The summed E-state index contributed by atoms with van der Waals surface area (Å²) in [6.45, 7) is 4.95. The van der Waals surface area contributed by atoms with Crippen LogP contribution in [-0.4, -0.2) is 21.8 Å². The third-order valence-electron chi connectivity index (χ3n) is 3.62. The van der Waals surface area contributed by atoms with E-state index in [0.29, 0.717) is 5.75 Å². The molecule has 6 heteroatoms. The highest BCUT2D eigenvalue weighted by Crippen LogP contribution is 2.28. The van der Waals surface area contributed by atoms with E-state index in [1.54, 1.807) is 23.5 Å². The lowest BCUT2D eigenvalue weighted by atomic mass is 10.1. The maximum atomic E-state index is 11.7. The first kappa shape index (κ1) is 17.0. The van der Waals surface area contributed by atoms with Crippen molar-refractivity contribution in [2.45, 2.75) is 31.3 Å². The Labute approximate surface area is 136 Å². The Bertz CT molecular complexity index is 751. The lowest BCUT2D eigenvalue weighted by Crippen LogP contribution is -2.18. The topological polar surface area (TPSA) is 55.4 Å². The summed E-state index contributed by atoms with van der Waals surface area (Å²) in [7, 11) is -1.80. The standard InChI is InChI=1S/C16H21NO3S2/c1-11-7-8-21-15(11)10-17-12(2)13-5-6-16(22(4,18)19)14(9-13)20-3/h5-9,12,17H,10H2,1-4H3/t12-/m1/s1. The molecule has 0 spiro atoms. The van der Waals surface area contributed by atoms with Crippen LogP contribution in [-0.2, 0) is 16.4 Å². The fourth-order valence-electron chi connectivity index (χ4n) is 2.21. The third kappa shape index (κ3) is 3.88. The number of sulfone groups is 1. The molecule has 1 N–H and O–H groups in total. The van der Waals surface area contributed by atoms with Crippen LogP contribution >= 0.6 is 11.3 Å². The Kier molecular flexibility index (Phi) is 5.26. The number of benzene rings is 1. The van der Waals surface area contributed by atoms with Gasteiger partial charge in [-0.25, -0.2) is 8.42 Å². The molecule has 0 bridgehead atoms. The number of aryl methyl sites for hydroxylation is 1. The summed E-state index contributed by atoms with van der Waals surface area (Å²) >= 11 is 1.73. The van der Waals surface area contributed by atoms with E-state index in [4.69, 9.17) is 4.74 Å². The SMILES string of the molecule is COc1cc([C@@H](C)NCc2sccc2C)ccc1S(C)(=O)=O. The van der Waals surface area contributed by atoms with E-state index in [9.17, 15) is 8.42 Å². The van der Waals surface area contributed by atoms with Crippen LogP contribution in [0.1, 0.15) is 29.0 Å². The molecule has 0 aliphatic heterocycles. The smallest absolute Gasteiger partial charge is 0.179 e. The first-order chi connectivity index (χ1) is 10.3. The van der Waals surface area contributed by atoms with E-state index < -0.39 is 9.84 Å². The van der Waals surface area contributed by atoms with Gasteiger partial charge in [0.05, 0.1) is 7.11 Å². The Hall–Kier alpha value is -1.37. The highest BCUT2D eigenvalue weighted by Gasteiger charge is 2.16. The molecule has 0 unspecified atom stereocenters. The molecule has 0 saturated carbocycles. The van der Waals surface area contributed by atoms with Crippen LogP contribution in [0.25, 0.3) is 0 Å². The van der Waals surface area contributed by atoms with Gasteiger partial charge in [-0.3, -0.25) is 0 Å². The number of thiophene rings is 1. The molecule has 120 valence electrons. The van der Waals surface area contributed by atoms with Gasteiger partial charge in [-0.15, -0.1) is 11.3 Å². The van der Waals surface area contributed by atoms with Crippen molar-refractivity contribution in [2.24, 2.45) is 0 Å². The Morgan fingerprint density at radius 2 is 2.05 bits per heavy atom. The second-order valence-electron chi connectivity index (χ2n) is 5.31. The largest absolute Gasteiger partial charge is 0.495 e. The molecule has 0 radical (unpaired) electrons. The van der Waals surface area contributed by atoms with Crippen molar-refractivity contribution in [3.63, 3.8) is 0 Å². The monoisotopic (exact) mass is 339 g/mol. The molecule has 1 heterocycles. The Morgan fingerprint density at radius 3 is 2.59 bits per heavy atom. The van der Waals surface area contributed by atoms with Crippen LogP contribution in [0.3, 0.4) is 0 Å². The summed E-state index contributed by atoms with van der Waals surface area (Å²) in [5.41, 5.74) is 2.29. The molecule has 0 amide bonds. The van der Waals surface area contributed by atoms with Gasteiger partial charge < -0.3 is 10.1 Å².